The zero-order chi connectivity index (χ0) is 23.8. The third-order valence-electron chi connectivity index (χ3n) is 6.18. The first-order valence-electron chi connectivity index (χ1n) is 11.3. The number of aryl methyl sites for hydroxylation is 1. The van der Waals surface area contributed by atoms with E-state index in [0.717, 1.165) is 52.5 Å². The third kappa shape index (κ3) is 3.73. The Hall–Kier alpha value is -3.98. The van der Waals surface area contributed by atoms with E-state index in [0.29, 0.717) is 17.7 Å². The van der Waals surface area contributed by atoms with Crippen molar-refractivity contribution in [3.05, 3.63) is 99.9 Å². The number of hydrogen-bond acceptors (Lipinski definition) is 3. The third-order valence-corrected chi connectivity index (χ3v) is 6.18. The van der Waals surface area contributed by atoms with E-state index in [4.69, 9.17) is 9.72 Å². The first kappa shape index (κ1) is 21.8. The number of imidazole rings is 1. The van der Waals surface area contributed by atoms with Gasteiger partial charge >= 0.3 is 0 Å². The number of aromatic nitrogens is 2. The summed E-state index contributed by atoms with van der Waals surface area (Å²) in [5.41, 5.74) is 5.52. The lowest BCUT2D eigenvalue weighted by molar-refractivity contribution is 0.303. The van der Waals surface area contributed by atoms with Crippen LogP contribution in [-0.2, 0) is 19.6 Å². The summed E-state index contributed by atoms with van der Waals surface area (Å²) in [6, 6.07) is 18.1. The lowest BCUT2D eigenvalue weighted by Crippen LogP contribution is -2.06. The van der Waals surface area contributed by atoms with Gasteiger partial charge in [-0.1, -0.05) is 31.2 Å². The molecule has 0 saturated heterocycles. The first-order chi connectivity index (χ1) is 16.5. The SMILES string of the molecule is CCCc1nc2ccccc2n1Cc1ccc2c(c1)COc1cc(F)cc(F)c1/C2=C(/C)C#N. The number of fused-ring (bicyclic) bond motifs is 3. The van der Waals surface area contributed by atoms with E-state index < -0.39 is 11.6 Å². The smallest absolute Gasteiger partial charge is 0.137 e. The molecular formula is C28H23F2N3O. The van der Waals surface area contributed by atoms with Gasteiger partial charge in [0.05, 0.1) is 22.7 Å². The highest BCUT2D eigenvalue weighted by Gasteiger charge is 2.26. The second-order valence-corrected chi connectivity index (χ2v) is 8.51. The first-order valence-corrected chi connectivity index (χ1v) is 11.3. The summed E-state index contributed by atoms with van der Waals surface area (Å²) in [5, 5.41) is 9.63. The van der Waals surface area contributed by atoms with Gasteiger partial charge in [-0.05, 0) is 48.2 Å². The Kier molecular flexibility index (Phi) is 5.62. The van der Waals surface area contributed by atoms with Crippen LogP contribution in [0.2, 0.25) is 0 Å². The minimum atomic E-state index is -0.745. The zero-order valence-electron chi connectivity index (χ0n) is 19.0. The van der Waals surface area contributed by atoms with Crippen molar-refractivity contribution >= 4 is 16.6 Å². The van der Waals surface area contributed by atoms with Gasteiger partial charge in [-0.25, -0.2) is 13.8 Å². The molecule has 4 nitrogen and oxygen atoms in total. The molecule has 2 heterocycles. The van der Waals surface area contributed by atoms with Crippen molar-refractivity contribution in [3.8, 4) is 11.8 Å². The molecule has 1 aliphatic rings. The number of allylic oxidation sites excluding steroid dienone is 1. The van der Waals surface area contributed by atoms with E-state index in [1.165, 1.54) is 6.07 Å². The summed E-state index contributed by atoms with van der Waals surface area (Å²) in [7, 11) is 0. The molecule has 0 aliphatic carbocycles. The molecule has 0 spiro atoms. The van der Waals surface area contributed by atoms with Crippen molar-refractivity contribution in [1.82, 2.24) is 9.55 Å². The molecule has 5 rings (SSSR count). The van der Waals surface area contributed by atoms with Crippen LogP contribution in [0, 0.1) is 23.0 Å². The lowest BCUT2D eigenvalue weighted by Gasteiger charge is -2.14. The van der Waals surface area contributed by atoms with Gasteiger partial charge in [-0.15, -0.1) is 0 Å². The van der Waals surface area contributed by atoms with Gasteiger partial charge in [0, 0.05) is 36.2 Å². The molecule has 0 unspecified atom stereocenters. The highest BCUT2D eigenvalue weighted by molar-refractivity contribution is 5.88. The normalized spacial score (nSPS) is 14.1. The van der Waals surface area contributed by atoms with Crippen molar-refractivity contribution in [1.29, 1.82) is 5.26 Å². The van der Waals surface area contributed by atoms with Gasteiger partial charge in [0.25, 0.3) is 0 Å². The molecule has 0 fully saturated rings. The molecule has 170 valence electrons. The van der Waals surface area contributed by atoms with Crippen molar-refractivity contribution in [2.24, 2.45) is 0 Å². The van der Waals surface area contributed by atoms with E-state index in [-0.39, 0.29) is 17.9 Å². The fraction of sp³-hybridized carbons (Fsp3) is 0.214. The molecule has 0 radical (unpaired) electrons. The second-order valence-electron chi connectivity index (χ2n) is 8.51. The van der Waals surface area contributed by atoms with Crippen LogP contribution in [-0.4, -0.2) is 9.55 Å². The van der Waals surface area contributed by atoms with Gasteiger partial charge in [0.15, 0.2) is 0 Å². The van der Waals surface area contributed by atoms with Crippen molar-refractivity contribution in [2.75, 3.05) is 0 Å². The zero-order valence-corrected chi connectivity index (χ0v) is 19.0. The molecule has 0 bridgehead atoms. The Labute approximate surface area is 196 Å². The molecule has 3 aromatic carbocycles. The Morgan fingerprint density at radius 3 is 2.76 bits per heavy atom. The molecule has 0 amide bonds. The van der Waals surface area contributed by atoms with Gasteiger partial charge in [0.1, 0.15) is 29.8 Å². The monoisotopic (exact) mass is 455 g/mol. The van der Waals surface area contributed by atoms with Crippen molar-refractivity contribution in [3.63, 3.8) is 0 Å². The summed E-state index contributed by atoms with van der Waals surface area (Å²) >= 11 is 0. The van der Waals surface area contributed by atoms with Crippen LogP contribution in [0.4, 0.5) is 8.78 Å². The predicted octanol–water partition coefficient (Wildman–Crippen LogP) is 6.55. The number of rotatable bonds is 4. The number of benzene rings is 3. The fourth-order valence-corrected chi connectivity index (χ4v) is 4.65. The largest absolute Gasteiger partial charge is 0.488 e. The molecular weight excluding hydrogens is 432 g/mol. The molecule has 4 aromatic rings. The Balaban J connectivity index is 1.62. The van der Waals surface area contributed by atoms with Gasteiger partial charge in [-0.3, -0.25) is 0 Å². The second kappa shape index (κ2) is 8.75. The summed E-state index contributed by atoms with van der Waals surface area (Å²) in [6.45, 7) is 4.54. The topological polar surface area (TPSA) is 50.8 Å². The van der Waals surface area contributed by atoms with Gasteiger partial charge in [0.2, 0.25) is 0 Å². The average Bonchev–Trinajstić information content (AvgIpc) is 3.07. The number of nitrogens with zero attached hydrogens (tertiary/aromatic N) is 3. The molecule has 1 aliphatic heterocycles. The highest BCUT2D eigenvalue weighted by atomic mass is 19.1. The number of halogens is 2. The molecule has 0 atom stereocenters. The Bertz CT molecular complexity index is 1490. The molecule has 0 saturated carbocycles. The Morgan fingerprint density at radius 2 is 1.97 bits per heavy atom. The standard InChI is InChI=1S/C28H23F2N3O/c1-3-6-26-32-23-7-4-5-8-24(23)33(26)15-18-9-10-21-19(11-18)16-34-25-13-20(29)12-22(30)28(25)27(21)17(2)14-31/h4-5,7-13H,3,6,15-16H2,1-2H3/b27-17-. The van der Waals surface area contributed by atoms with Crippen LogP contribution >= 0.6 is 0 Å². The summed E-state index contributed by atoms with van der Waals surface area (Å²) in [4.78, 5) is 4.81. The molecule has 34 heavy (non-hydrogen) atoms. The number of hydrogen-bond donors (Lipinski definition) is 0. The summed E-state index contributed by atoms with van der Waals surface area (Å²) in [6.07, 6.45) is 1.86. The maximum Gasteiger partial charge on any atom is 0.137 e. The highest BCUT2D eigenvalue weighted by Crippen LogP contribution is 2.41. The fourth-order valence-electron chi connectivity index (χ4n) is 4.65. The average molecular weight is 456 g/mol. The number of nitriles is 1. The van der Waals surface area contributed by atoms with Crippen LogP contribution in [0.3, 0.4) is 0 Å². The molecule has 6 heteroatoms. The number of ether oxygens (including phenoxy) is 1. The van der Waals surface area contributed by atoms with Gasteiger partial charge < -0.3 is 9.30 Å². The van der Waals surface area contributed by atoms with Crippen LogP contribution in [0.15, 0.2) is 60.2 Å². The maximum absolute atomic E-state index is 14.9. The number of para-hydroxylation sites is 2. The minimum absolute atomic E-state index is 0.102. The van der Waals surface area contributed by atoms with Crippen molar-refractivity contribution < 1.29 is 13.5 Å². The van der Waals surface area contributed by atoms with Crippen LogP contribution < -0.4 is 4.74 Å². The maximum atomic E-state index is 14.9. The van der Waals surface area contributed by atoms with Crippen molar-refractivity contribution in [2.45, 2.75) is 39.8 Å². The lowest BCUT2D eigenvalue weighted by atomic mass is 9.90. The predicted molar refractivity (Wildman–Crippen MR) is 127 cm³/mol. The minimum Gasteiger partial charge on any atom is -0.488 e. The van der Waals surface area contributed by atoms with Crippen LogP contribution in [0.5, 0.6) is 5.75 Å². The van der Waals surface area contributed by atoms with Crippen LogP contribution in [0.25, 0.3) is 16.6 Å². The molecule has 1 aromatic heterocycles. The van der Waals surface area contributed by atoms with E-state index >= 15 is 0 Å². The van der Waals surface area contributed by atoms with E-state index in [1.807, 2.05) is 36.4 Å². The van der Waals surface area contributed by atoms with E-state index in [9.17, 15) is 14.0 Å². The quantitative estimate of drug-likeness (QED) is 0.328. The Morgan fingerprint density at radius 1 is 1.15 bits per heavy atom. The van der Waals surface area contributed by atoms with Gasteiger partial charge in [-0.2, -0.15) is 5.26 Å². The van der Waals surface area contributed by atoms with Crippen LogP contribution in [0.1, 0.15) is 48.3 Å². The van der Waals surface area contributed by atoms with E-state index in [2.05, 4.69) is 23.6 Å². The van der Waals surface area contributed by atoms with E-state index in [1.54, 1.807) is 6.92 Å². The summed E-state index contributed by atoms with van der Waals surface area (Å²) < 4.78 is 36.9. The summed E-state index contributed by atoms with van der Waals surface area (Å²) in [5.74, 6) is -0.329. The molecule has 0 N–H and O–H groups in total.